The quantitative estimate of drug-likeness (QED) is 0.912. The average Bonchev–Trinajstić information content (AvgIpc) is 3.08. The Hall–Kier alpha value is -2.24. The lowest BCUT2D eigenvalue weighted by molar-refractivity contribution is 0.0691. The minimum Gasteiger partial charge on any atom is -0.476 e. The Bertz CT molecular complexity index is 588. The molecule has 6 nitrogen and oxygen atoms in total. The zero-order chi connectivity index (χ0) is 13.2. The lowest BCUT2D eigenvalue weighted by atomic mass is 10.1. The lowest BCUT2D eigenvalue weighted by Crippen LogP contribution is -2.09. The van der Waals surface area contributed by atoms with E-state index in [-0.39, 0.29) is 11.7 Å². The molecule has 0 aromatic carbocycles. The van der Waals surface area contributed by atoms with E-state index in [4.69, 9.17) is 0 Å². The van der Waals surface area contributed by atoms with Crippen LogP contribution in [0.3, 0.4) is 0 Å². The molecule has 19 heavy (non-hydrogen) atoms. The fraction of sp³-hybridized carbons (Fsp3) is 0.385. The molecule has 98 valence electrons. The second-order valence-electron chi connectivity index (χ2n) is 4.72. The van der Waals surface area contributed by atoms with Gasteiger partial charge in [0.1, 0.15) is 5.69 Å². The molecule has 2 aromatic rings. The number of rotatable bonds is 3. The Balaban J connectivity index is 2.13. The van der Waals surface area contributed by atoms with Gasteiger partial charge in [-0.2, -0.15) is 0 Å². The molecule has 0 aliphatic heterocycles. The predicted molar refractivity (Wildman–Crippen MR) is 67.7 cm³/mol. The first kappa shape index (κ1) is 11.8. The number of carboxylic acids is 1. The molecule has 0 atom stereocenters. The van der Waals surface area contributed by atoms with Gasteiger partial charge in [0.15, 0.2) is 5.69 Å². The van der Waals surface area contributed by atoms with Crippen molar-refractivity contribution in [1.82, 2.24) is 20.0 Å². The van der Waals surface area contributed by atoms with Crippen molar-refractivity contribution in [2.24, 2.45) is 0 Å². The lowest BCUT2D eigenvalue weighted by Gasteiger charge is -2.13. The van der Waals surface area contributed by atoms with Crippen molar-refractivity contribution in [3.63, 3.8) is 0 Å². The van der Waals surface area contributed by atoms with Crippen LogP contribution in [0.25, 0.3) is 11.3 Å². The summed E-state index contributed by atoms with van der Waals surface area (Å²) in [5.41, 5.74) is 1.31. The van der Waals surface area contributed by atoms with Gasteiger partial charge in [-0.05, 0) is 25.0 Å². The van der Waals surface area contributed by atoms with E-state index >= 15 is 0 Å². The Morgan fingerprint density at radius 1 is 1.37 bits per heavy atom. The van der Waals surface area contributed by atoms with E-state index in [9.17, 15) is 9.90 Å². The van der Waals surface area contributed by atoms with Crippen LogP contribution in [0, 0.1) is 0 Å². The third-order valence-electron chi connectivity index (χ3n) is 3.50. The third-order valence-corrected chi connectivity index (χ3v) is 3.50. The highest BCUT2D eigenvalue weighted by Crippen LogP contribution is 2.33. The molecule has 1 fully saturated rings. The van der Waals surface area contributed by atoms with E-state index in [2.05, 4.69) is 15.3 Å². The van der Waals surface area contributed by atoms with E-state index in [0.717, 1.165) is 31.2 Å². The number of aromatic carboxylic acids is 1. The molecule has 6 heteroatoms. The van der Waals surface area contributed by atoms with Crippen LogP contribution in [-0.4, -0.2) is 31.1 Å². The van der Waals surface area contributed by atoms with Crippen LogP contribution in [0.4, 0.5) is 0 Å². The fourth-order valence-electron chi connectivity index (χ4n) is 2.61. The summed E-state index contributed by atoms with van der Waals surface area (Å²) in [6, 6.07) is 3.87. The fourth-order valence-corrected chi connectivity index (χ4v) is 2.61. The molecule has 1 N–H and O–H groups in total. The van der Waals surface area contributed by atoms with Gasteiger partial charge in [0.05, 0.1) is 6.04 Å². The first-order valence-electron chi connectivity index (χ1n) is 6.36. The summed E-state index contributed by atoms with van der Waals surface area (Å²) >= 11 is 0. The molecular formula is C13H14N4O2. The topological polar surface area (TPSA) is 80.9 Å². The Kier molecular flexibility index (Phi) is 2.98. The van der Waals surface area contributed by atoms with Crippen LogP contribution in [0.15, 0.2) is 24.5 Å². The first-order valence-corrected chi connectivity index (χ1v) is 6.36. The monoisotopic (exact) mass is 258 g/mol. The maximum absolute atomic E-state index is 11.3. The number of hydrogen-bond donors (Lipinski definition) is 1. The van der Waals surface area contributed by atoms with Crippen LogP contribution in [-0.2, 0) is 0 Å². The van der Waals surface area contributed by atoms with Crippen LogP contribution in [0.2, 0.25) is 0 Å². The summed E-state index contributed by atoms with van der Waals surface area (Å²) in [5, 5.41) is 17.1. The van der Waals surface area contributed by atoms with Crippen LogP contribution in [0.5, 0.6) is 0 Å². The molecular weight excluding hydrogens is 244 g/mol. The summed E-state index contributed by atoms with van der Waals surface area (Å²) in [6.45, 7) is 0. The van der Waals surface area contributed by atoms with Crippen molar-refractivity contribution in [2.75, 3.05) is 0 Å². The molecule has 0 radical (unpaired) electrons. The minimum absolute atomic E-state index is 0.0000926. The molecule has 0 amide bonds. The van der Waals surface area contributed by atoms with Gasteiger partial charge in [0, 0.05) is 18.0 Å². The summed E-state index contributed by atoms with van der Waals surface area (Å²) in [4.78, 5) is 15.3. The maximum atomic E-state index is 11.3. The van der Waals surface area contributed by atoms with Gasteiger partial charge in [0.2, 0.25) is 0 Å². The molecule has 1 aliphatic rings. The van der Waals surface area contributed by atoms with Gasteiger partial charge in [-0.25, -0.2) is 9.48 Å². The molecule has 0 saturated heterocycles. The largest absolute Gasteiger partial charge is 0.476 e. The van der Waals surface area contributed by atoms with Crippen LogP contribution in [0.1, 0.15) is 42.2 Å². The molecule has 1 saturated carbocycles. The van der Waals surface area contributed by atoms with E-state index in [0.29, 0.717) is 5.69 Å². The van der Waals surface area contributed by atoms with Gasteiger partial charge in [-0.15, -0.1) is 5.10 Å². The van der Waals surface area contributed by atoms with E-state index in [1.165, 1.54) is 0 Å². The first-order chi connectivity index (χ1) is 9.27. The van der Waals surface area contributed by atoms with Crippen molar-refractivity contribution in [3.05, 3.63) is 30.2 Å². The van der Waals surface area contributed by atoms with Crippen molar-refractivity contribution in [2.45, 2.75) is 31.7 Å². The zero-order valence-electron chi connectivity index (χ0n) is 10.4. The standard InChI is InChI=1S/C13H14N4O2/c18-13(19)11-12(9-4-3-7-14-8-9)17(16-15-11)10-5-1-2-6-10/h3-4,7-8,10H,1-2,5-6H2,(H,18,19). The highest BCUT2D eigenvalue weighted by Gasteiger charge is 2.26. The molecule has 0 unspecified atom stereocenters. The summed E-state index contributed by atoms with van der Waals surface area (Å²) in [6.07, 6.45) is 7.66. The molecule has 2 aromatic heterocycles. The van der Waals surface area contributed by atoms with Crippen molar-refractivity contribution in [3.8, 4) is 11.3 Å². The summed E-state index contributed by atoms with van der Waals surface area (Å²) in [5.74, 6) is -1.05. The Labute approximate surface area is 110 Å². The number of aromatic nitrogens is 4. The zero-order valence-corrected chi connectivity index (χ0v) is 10.4. The predicted octanol–water partition coefficient (Wildman–Crippen LogP) is 2.15. The number of nitrogens with zero attached hydrogens (tertiary/aromatic N) is 4. The summed E-state index contributed by atoms with van der Waals surface area (Å²) in [7, 11) is 0. The van der Waals surface area contributed by atoms with Crippen LogP contribution >= 0.6 is 0 Å². The number of pyridine rings is 1. The van der Waals surface area contributed by atoms with Gasteiger partial charge in [-0.3, -0.25) is 4.98 Å². The van der Waals surface area contributed by atoms with Gasteiger partial charge in [-0.1, -0.05) is 18.1 Å². The van der Waals surface area contributed by atoms with Crippen molar-refractivity contribution in [1.29, 1.82) is 0 Å². The molecule has 0 bridgehead atoms. The van der Waals surface area contributed by atoms with E-state index in [1.807, 2.05) is 6.07 Å². The molecule has 2 heterocycles. The summed E-state index contributed by atoms with van der Waals surface area (Å²) < 4.78 is 1.76. The Morgan fingerprint density at radius 3 is 2.79 bits per heavy atom. The Morgan fingerprint density at radius 2 is 2.16 bits per heavy atom. The smallest absolute Gasteiger partial charge is 0.358 e. The van der Waals surface area contributed by atoms with Crippen molar-refractivity contribution >= 4 is 5.97 Å². The van der Waals surface area contributed by atoms with Gasteiger partial charge >= 0.3 is 5.97 Å². The minimum atomic E-state index is -1.05. The normalized spacial score (nSPS) is 15.8. The van der Waals surface area contributed by atoms with Gasteiger partial charge in [0.25, 0.3) is 0 Å². The molecule has 3 rings (SSSR count). The molecule has 1 aliphatic carbocycles. The number of hydrogen-bond acceptors (Lipinski definition) is 4. The second kappa shape index (κ2) is 4.79. The van der Waals surface area contributed by atoms with Crippen LogP contribution < -0.4 is 0 Å². The number of carboxylic acid groups (broad SMARTS) is 1. The molecule has 0 spiro atoms. The SMILES string of the molecule is O=C(O)c1nnn(C2CCCC2)c1-c1cccnc1. The number of carbonyl (C=O) groups is 1. The highest BCUT2D eigenvalue weighted by atomic mass is 16.4. The second-order valence-corrected chi connectivity index (χ2v) is 4.72. The van der Waals surface area contributed by atoms with E-state index in [1.54, 1.807) is 23.1 Å². The van der Waals surface area contributed by atoms with E-state index < -0.39 is 5.97 Å². The van der Waals surface area contributed by atoms with Crippen molar-refractivity contribution < 1.29 is 9.90 Å². The maximum Gasteiger partial charge on any atom is 0.358 e. The van der Waals surface area contributed by atoms with Gasteiger partial charge < -0.3 is 5.11 Å². The highest BCUT2D eigenvalue weighted by molar-refractivity contribution is 5.92. The average molecular weight is 258 g/mol. The third kappa shape index (κ3) is 2.09.